The zero-order valence-corrected chi connectivity index (χ0v) is 9.06. The predicted octanol–water partition coefficient (Wildman–Crippen LogP) is 2.32. The van der Waals surface area contributed by atoms with Crippen LogP contribution < -0.4 is 11.3 Å². The molecule has 0 saturated heterocycles. The Kier molecular flexibility index (Phi) is 3.29. The largest absolute Gasteiger partial charge is 0.271 e. The molecule has 1 atom stereocenters. The van der Waals surface area contributed by atoms with Crippen molar-refractivity contribution in [3.05, 3.63) is 54.9 Å². The van der Waals surface area contributed by atoms with Gasteiger partial charge < -0.3 is 0 Å². The summed E-state index contributed by atoms with van der Waals surface area (Å²) in [7, 11) is 0. The predicted molar refractivity (Wildman–Crippen MR) is 66.6 cm³/mol. The van der Waals surface area contributed by atoms with Gasteiger partial charge in [0.15, 0.2) is 0 Å². The fourth-order valence-corrected chi connectivity index (χ4v) is 1.85. The first kappa shape index (κ1) is 10.8. The van der Waals surface area contributed by atoms with E-state index in [2.05, 4.69) is 29.1 Å². The minimum atomic E-state index is 0.0172. The van der Waals surface area contributed by atoms with E-state index in [-0.39, 0.29) is 6.04 Å². The Hall–Kier alpha value is -1.71. The molecule has 3 nitrogen and oxygen atoms in total. The zero-order chi connectivity index (χ0) is 11.4. The summed E-state index contributed by atoms with van der Waals surface area (Å²) >= 11 is 0. The first-order valence-electron chi connectivity index (χ1n) is 5.27. The molecule has 3 heteroatoms. The van der Waals surface area contributed by atoms with Gasteiger partial charge in [-0.25, -0.2) is 0 Å². The number of rotatable bonds is 4. The molecule has 0 saturated carbocycles. The number of nitrogens with two attached hydrogens (primary N) is 1. The Labute approximate surface area is 95.0 Å². The Balaban J connectivity index is 2.54. The molecule has 16 heavy (non-hydrogen) atoms. The van der Waals surface area contributed by atoms with E-state index in [1.807, 2.05) is 30.5 Å². The highest BCUT2D eigenvalue weighted by Crippen LogP contribution is 2.23. The summed E-state index contributed by atoms with van der Waals surface area (Å²) in [6, 6.07) is 10.2. The van der Waals surface area contributed by atoms with Gasteiger partial charge in [-0.3, -0.25) is 16.3 Å². The molecule has 0 radical (unpaired) electrons. The third-order valence-corrected chi connectivity index (χ3v) is 2.64. The van der Waals surface area contributed by atoms with Crippen molar-refractivity contribution in [3.8, 4) is 0 Å². The number of benzene rings is 1. The highest BCUT2D eigenvalue weighted by atomic mass is 15.2. The van der Waals surface area contributed by atoms with E-state index in [1.165, 1.54) is 5.39 Å². The smallest absolute Gasteiger partial charge is 0.0672 e. The number of fused-ring (bicyclic) bond motifs is 1. The lowest BCUT2D eigenvalue weighted by atomic mass is 10.0. The van der Waals surface area contributed by atoms with E-state index < -0.39 is 0 Å². The van der Waals surface area contributed by atoms with Crippen LogP contribution in [0.25, 0.3) is 10.8 Å². The van der Waals surface area contributed by atoms with Gasteiger partial charge in [-0.15, -0.1) is 6.58 Å². The second kappa shape index (κ2) is 4.88. The lowest BCUT2D eigenvalue weighted by Crippen LogP contribution is -2.28. The molecule has 2 aromatic rings. The minimum Gasteiger partial charge on any atom is -0.271 e. The summed E-state index contributed by atoms with van der Waals surface area (Å²) in [5.74, 6) is 5.54. The van der Waals surface area contributed by atoms with Gasteiger partial charge in [-0.05, 0) is 17.9 Å². The van der Waals surface area contributed by atoms with Crippen molar-refractivity contribution >= 4 is 10.8 Å². The van der Waals surface area contributed by atoms with Gasteiger partial charge in [0.2, 0.25) is 0 Å². The van der Waals surface area contributed by atoms with E-state index in [4.69, 9.17) is 5.84 Å². The first-order valence-corrected chi connectivity index (χ1v) is 5.27. The number of aromatic nitrogens is 1. The Morgan fingerprint density at radius 2 is 2.19 bits per heavy atom. The van der Waals surface area contributed by atoms with Crippen molar-refractivity contribution in [1.29, 1.82) is 0 Å². The number of nitrogens with zero attached hydrogens (tertiary/aromatic N) is 1. The van der Waals surface area contributed by atoms with E-state index in [0.717, 1.165) is 17.5 Å². The second-order valence-corrected chi connectivity index (χ2v) is 3.66. The monoisotopic (exact) mass is 213 g/mol. The molecule has 82 valence electrons. The zero-order valence-electron chi connectivity index (χ0n) is 9.06. The number of hydrazine groups is 1. The fraction of sp³-hybridized carbons (Fsp3) is 0.154. The maximum Gasteiger partial charge on any atom is 0.0672 e. The van der Waals surface area contributed by atoms with E-state index in [1.54, 1.807) is 0 Å². The van der Waals surface area contributed by atoms with Crippen molar-refractivity contribution in [2.24, 2.45) is 5.84 Å². The van der Waals surface area contributed by atoms with Crippen LogP contribution in [0.1, 0.15) is 18.2 Å². The van der Waals surface area contributed by atoms with Gasteiger partial charge in [0.25, 0.3) is 0 Å². The van der Waals surface area contributed by atoms with Crippen molar-refractivity contribution < 1.29 is 0 Å². The molecular weight excluding hydrogens is 198 g/mol. The fourth-order valence-electron chi connectivity index (χ4n) is 1.85. The lowest BCUT2D eigenvalue weighted by molar-refractivity contribution is 0.552. The summed E-state index contributed by atoms with van der Waals surface area (Å²) in [5, 5.41) is 2.31. The molecule has 1 aromatic heterocycles. The topological polar surface area (TPSA) is 50.9 Å². The molecule has 0 aliphatic rings. The number of hydrogen-bond acceptors (Lipinski definition) is 3. The summed E-state index contributed by atoms with van der Waals surface area (Å²) in [6.07, 6.45) is 4.41. The summed E-state index contributed by atoms with van der Waals surface area (Å²) in [6.45, 7) is 3.73. The second-order valence-electron chi connectivity index (χ2n) is 3.66. The lowest BCUT2D eigenvalue weighted by Gasteiger charge is -2.15. The van der Waals surface area contributed by atoms with Crippen LogP contribution >= 0.6 is 0 Å². The highest BCUT2D eigenvalue weighted by Gasteiger charge is 2.12. The third-order valence-electron chi connectivity index (χ3n) is 2.64. The molecule has 0 amide bonds. The maximum absolute atomic E-state index is 5.54. The van der Waals surface area contributed by atoms with Crippen LogP contribution in [0, 0.1) is 0 Å². The molecule has 0 fully saturated rings. The van der Waals surface area contributed by atoms with Crippen LogP contribution in [-0.4, -0.2) is 4.98 Å². The first-order chi connectivity index (χ1) is 7.86. The van der Waals surface area contributed by atoms with Crippen molar-refractivity contribution in [2.75, 3.05) is 0 Å². The standard InChI is InChI=1S/C13H15N3/c1-2-5-12(16-14)13-11-7-4-3-6-10(11)8-9-15-13/h2-4,6-9,12,16H,1,5,14H2. The highest BCUT2D eigenvalue weighted by molar-refractivity contribution is 5.84. The van der Waals surface area contributed by atoms with Gasteiger partial charge in [0.05, 0.1) is 11.7 Å². The summed E-state index contributed by atoms with van der Waals surface area (Å²) in [5.41, 5.74) is 3.75. The van der Waals surface area contributed by atoms with Gasteiger partial charge in [-0.2, -0.15) is 0 Å². The van der Waals surface area contributed by atoms with Crippen LogP contribution in [0.15, 0.2) is 49.2 Å². The molecule has 1 aromatic carbocycles. The molecule has 0 spiro atoms. The van der Waals surface area contributed by atoms with Crippen LogP contribution in [-0.2, 0) is 0 Å². The van der Waals surface area contributed by atoms with Crippen molar-refractivity contribution in [3.63, 3.8) is 0 Å². The van der Waals surface area contributed by atoms with Gasteiger partial charge >= 0.3 is 0 Å². The molecule has 0 aliphatic heterocycles. The Bertz CT molecular complexity index is 488. The van der Waals surface area contributed by atoms with Crippen LogP contribution in [0.3, 0.4) is 0 Å². The molecule has 1 unspecified atom stereocenters. The average Bonchev–Trinajstić information content (AvgIpc) is 2.35. The van der Waals surface area contributed by atoms with E-state index in [9.17, 15) is 0 Å². The minimum absolute atomic E-state index is 0.0172. The van der Waals surface area contributed by atoms with Crippen LogP contribution in [0.5, 0.6) is 0 Å². The molecule has 0 bridgehead atoms. The molecule has 3 N–H and O–H groups in total. The summed E-state index contributed by atoms with van der Waals surface area (Å²) < 4.78 is 0. The Morgan fingerprint density at radius 3 is 2.94 bits per heavy atom. The van der Waals surface area contributed by atoms with Gasteiger partial charge in [0, 0.05) is 11.6 Å². The quantitative estimate of drug-likeness (QED) is 0.465. The Morgan fingerprint density at radius 1 is 1.38 bits per heavy atom. The molecular formula is C13H15N3. The molecule has 0 aliphatic carbocycles. The molecule has 1 heterocycles. The van der Waals surface area contributed by atoms with E-state index in [0.29, 0.717) is 0 Å². The maximum atomic E-state index is 5.54. The summed E-state index contributed by atoms with van der Waals surface area (Å²) in [4.78, 5) is 4.41. The molecule has 2 rings (SSSR count). The van der Waals surface area contributed by atoms with Crippen molar-refractivity contribution in [1.82, 2.24) is 10.4 Å². The number of pyridine rings is 1. The normalized spacial score (nSPS) is 12.6. The third kappa shape index (κ3) is 1.96. The van der Waals surface area contributed by atoms with Gasteiger partial charge in [-0.1, -0.05) is 30.3 Å². The SMILES string of the molecule is C=CCC(NN)c1nccc2ccccc12. The number of hydrogen-bond donors (Lipinski definition) is 2. The van der Waals surface area contributed by atoms with Crippen LogP contribution in [0.4, 0.5) is 0 Å². The number of nitrogens with one attached hydrogen (secondary N) is 1. The van der Waals surface area contributed by atoms with Gasteiger partial charge in [0.1, 0.15) is 0 Å². The van der Waals surface area contributed by atoms with Crippen molar-refractivity contribution in [2.45, 2.75) is 12.5 Å². The van der Waals surface area contributed by atoms with Crippen LogP contribution in [0.2, 0.25) is 0 Å². The van der Waals surface area contributed by atoms with E-state index >= 15 is 0 Å². The average molecular weight is 213 g/mol.